The van der Waals surface area contributed by atoms with Crippen LogP contribution in [0.3, 0.4) is 0 Å². The normalized spacial score (nSPS) is 8.50. The summed E-state index contributed by atoms with van der Waals surface area (Å²) < 4.78 is 4.19. The van der Waals surface area contributed by atoms with Gasteiger partial charge in [-0.25, -0.2) is 5.90 Å². The molecule has 0 aromatic heterocycles. The van der Waals surface area contributed by atoms with Crippen LogP contribution < -0.4 is 11.4 Å². The Bertz CT molecular complexity index is 263. The van der Waals surface area contributed by atoms with Crippen molar-refractivity contribution in [3.63, 3.8) is 0 Å². The van der Waals surface area contributed by atoms with Gasteiger partial charge in [0.15, 0.2) is 0 Å². The third kappa shape index (κ3) is 6.18. The van der Waals surface area contributed by atoms with Gasteiger partial charge in [-0.1, -0.05) is 30.3 Å². The molecule has 0 spiro atoms. The van der Waals surface area contributed by atoms with Crippen LogP contribution in [-0.2, 0) is 9.55 Å². The van der Waals surface area contributed by atoms with Crippen molar-refractivity contribution in [1.29, 1.82) is 0 Å². The minimum Gasteiger partial charge on any atom is -0.481 e. The number of carboxylic acids is 1. The number of rotatable bonds is 2. The minimum atomic E-state index is -1.01. The molecule has 0 saturated carbocycles. The fourth-order valence-electron chi connectivity index (χ4n) is 0.696. The van der Waals surface area contributed by atoms with Gasteiger partial charge in [0.1, 0.15) is 0 Å². The van der Waals surface area contributed by atoms with Gasteiger partial charge in [0.2, 0.25) is 0 Å². The summed E-state index contributed by atoms with van der Waals surface area (Å²) in [5.41, 5.74) is 0.657. The van der Waals surface area contributed by atoms with E-state index in [0.717, 1.165) is 6.92 Å². The molecule has 1 aromatic carbocycles. The van der Waals surface area contributed by atoms with Crippen LogP contribution in [0.15, 0.2) is 30.3 Å². The molecule has 14 heavy (non-hydrogen) atoms. The molecule has 0 radical (unpaired) electrons. The first-order valence-corrected chi connectivity index (χ1v) is 3.86. The first-order chi connectivity index (χ1) is 6.57. The second-order valence-corrected chi connectivity index (χ2v) is 2.42. The first-order valence-electron chi connectivity index (χ1n) is 3.86. The van der Waals surface area contributed by atoms with Crippen molar-refractivity contribution in [2.24, 2.45) is 5.90 Å². The number of hydrogen-bond donors (Lipinski definition) is 3. The van der Waals surface area contributed by atoms with Crippen molar-refractivity contribution in [2.75, 3.05) is 0 Å². The second kappa shape index (κ2) is 7.08. The standard InChI is InChI=1S/C6H8BNO2.C2H4O2/c8-10-7(9)6-4-2-1-3-5-6;1-2(3)4/h1-5,9H,8H2;1H3,(H,3,4). The maximum absolute atomic E-state index is 9.00. The molecular weight excluding hydrogens is 185 g/mol. The highest BCUT2D eigenvalue weighted by molar-refractivity contribution is 6.59. The van der Waals surface area contributed by atoms with Crippen LogP contribution in [0.2, 0.25) is 0 Å². The predicted octanol–water partition coefficient (Wildman–Crippen LogP) is -0.645. The summed E-state index contributed by atoms with van der Waals surface area (Å²) >= 11 is 0. The molecule has 1 rings (SSSR count). The highest BCUT2D eigenvalue weighted by atomic mass is 16.6. The lowest BCUT2D eigenvalue weighted by atomic mass is 9.80. The van der Waals surface area contributed by atoms with Gasteiger partial charge in [-0.05, 0) is 5.46 Å². The Labute approximate surface area is 82.2 Å². The van der Waals surface area contributed by atoms with E-state index in [9.17, 15) is 0 Å². The molecule has 0 bridgehead atoms. The average Bonchev–Trinajstić information content (AvgIpc) is 2.17. The van der Waals surface area contributed by atoms with E-state index in [2.05, 4.69) is 4.76 Å². The van der Waals surface area contributed by atoms with E-state index in [1.54, 1.807) is 24.3 Å². The van der Waals surface area contributed by atoms with Gasteiger partial charge >= 0.3 is 7.12 Å². The number of carbonyl (C=O) groups is 1. The number of benzene rings is 1. The molecule has 0 saturated heterocycles. The van der Waals surface area contributed by atoms with Gasteiger partial charge in [-0.15, -0.1) is 0 Å². The highest BCUT2D eigenvalue weighted by Gasteiger charge is 2.12. The largest absolute Gasteiger partial charge is 0.508 e. The summed E-state index contributed by atoms with van der Waals surface area (Å²) in [4.78, 5) is 9.00. The van der Waals surface area contributed by atoms with Gasteiger partial charge in [0.25, 0.3) is 5.97 Å². The van der Waals surface area contributed by atoms with Crippen molar-refractivity contribution in [1.82, 2.24) is 0 Å². The number of aliphatic carboxylic acids is 1. The molecule has 0 aliphatic heterocycles. The third-order valence-corrected chi connectivity index (χ3v) is 1.21. The van der Waals surface area contributed by atoms with E-state index in [4.69, 9.17) is 20.8 Å². The van der Waals surface area contributed by atoms with Gasteiger partial charge < -0.3 is 14.9 Å². The Kier molecular flexibility index (Phi) is 6.39. The highest BCUT2D eigenvalue weighted by Crippen LogP contribution is 1.84. The Morgan fingerprint density at radius 2 is 1.86 bits per heavy atom. The zero-order chi connectivity index (χ0) is 11.0. The molecule has 0 aliphatic carbocycles. The number of hydrogen-bond acceptors (Lipinski definition) is 4. The summed E-state index contributed by atoms with van der Waals surface area (Å²) in [6, 6.07) is 8.93. The van der Waals surface area contributed by atoms with Crippen LogP contribution >= 0.6 is 0 Å². The van der Waals surface area contributed by atoms with Crippen LogP contribution in [0, 0.1) is 0 Å². The zero-order valence-electron chi connectivity index (χ0n) is 7.75. The van der Waals surface area contributed by atoms with E-state index < -0.39 is 13.1 Å². The van der Waals surface area contributed by atoms with Crippen molar-refractivity contribution >= 4 is 18.6 Å². The fourth-order valence-corrected chi connectivity index (χ4v) is 0.696. The third-order valence-electron chi connectivity index (χ3n) is 1.21. The summed E-state index contributed by atoms with van der Waals surface area (Å²) in [6.07, 6.45) is 0. The Balaban J connectivity index is 0.000000364. The lowest BCUT2D eigenvalue weighted by Crippen LogP contribution is -2.35. The first kappa shape index (κ1) is 12.6. The Morgan fingerprint density at radius 3 is 2.21 bits per heavy atom. The van der Waals surface area contributed by atoms with Gasteiger partial charge in [-0.3, -0.25) is 4.79 Å². The summed E-state index contributed by atoms with van der Waals surface area (Å²) in [5.74, 6) is 3.92. The fraction of sp³-hybridized carbons (Fsp3) is 0.125. The van der Waals surface area contributed by atoms with Gasteiger partial charge in [0.05, 0.1) is 0 Å². The van der Waals surface area contributed by atoms with E-state index in [1.807, 2.05) is 6.07 Å². The summed E-state index contributed by atoms with van der Waals surface area (Å²) in [6.45, 7) is 1.08. The minimum absolute atomic E-state index is 0.657. The predicted molar refractivity (Wildman–Crippen MR) is 52.6 cm³/mol. The monoisotopic (exact) mass is 197 g/mol. The van der Waals surface area contributed by atoms with Crippen molar-refractivity contribution < 1.29 is 19.7 Å². The quantitative estimate of drug-likeness (QED) is 0.433. The zero-order valence-corrected chi connectivity index (χ0v) is 7.75. The van der Waals surface area contributed by atoms with Crippen LogP contribution in [0.4, 0.5) is 0 Å². The van der Waals surface area contributed by atoms with Crippen molar-refractivity contribution in [3.8, 4) is 0 Å². The summed E-state index contributed by atoms with van der Waals surface area (Å²) in [5, 5.41) is 16.4. The van der Waals surface area contributed by atoms with Crippen LogP contribution in [-0.4, -0.2) is 23.2 Å². The Morgan fingerprint density at radius 1 is 1.43 bits per heavy atom. The van der Waals surface area contributed by atoms with Crippen LogP contribution in [0.25, 0.3) is 0 Å². The van der Waals surface area contributed by atoms with Crippen LogP contribution in [0.5, 0.6) is 0 Å². The molecule has 0 heterocycles. The SMILES string of the molecule is CC(=O)O.NOB(O)c1ccccc1. The molecule has 6 heteroatoms. The van der Waals surface area contributed by atoms with Crippen molar-refractivity contribution in [2.45, 2.75) is 6.92 Å². The van der Waals surface area contributed by atoms with E-state index in [0.29, 0.717) is 5.46 Å². The van der Waals surface area contributed by atoms with E-state index in [1.165, 1.54) is 0 Å². The molecule has 1 aromatic rings. The molecule has 5 nitrogen and oxygen atoms in total. The maximum Gasteiger partial charge on any atom is 0.508 e. The molecule has 0 unspecified atom stereocenters. The molecular formula is C8H12BNO4. The van der Waals surface area contributed by atoms with Gasteiger partial charge in [-0.2, -0.15) is 0 Å². The van der Waals surface area contributed by atoms with E-state index in [-0.39, 0.29) is 0 Å². The lowest BCUT2D eigenvalue weighted by molar-refractivity contribution is -0.134. The smallest absolute Gasteiger partial charge is 0.481 e. The molecule has 0 fully saturated rings. The lowest BCUT2D eigenvalue weighted by Gasteiger charge is -2.00. The Hall–Kier alpha value is -1.37. The molecule has 4 N–H and O–H groups in total. The van der Waals surface area contributed by atoms with E-state index >= 15 is 0 Å². The average molecular weight is 197 g/mol. The second-order valence-electron chi connectivity index (χ2n) is 2.42. The van der Waals surface area contributed by atoms with Gasteiger partial charge in [0, 0.05) is 6.92 Å². The molecule has 0 aliphatic rings. The number of nitrogens with two attached hydrogens (primary N) is 1. The summed E-state index contributed by atoms with van der Waals surface area (Å²) in [7, 11) is -1.01. The molecule has 76 valence electrons. The van der Waals surface area contributed by atoms with Crippen LogP contribution in [0.1, 0.15) is 6.92 Å². The van der Waals surface area contributed by atoms with Crippen molar-refractivity contribution in [3.05, 3.63) is 30.3 Å². The molecule has 0 amide bonds. The molecule has 0 atom stereocenters. The maximum atomic E-state index is 9.00. The number of carboxylic acid groups (broad SMARTS) is 1. The topological polar surface area (TPSA) is 92.8 Å².